The highest BCUT2D eigenvalue weighted by atomic mass is 15.0. The lowest BCUT2D eigenvalue weighted by Crippen LogP contribution is -2.05. The zero-order valence-corrected chi connectivity index (χ0v) is 26.8. The van der Waals surface area contributed by atoms with Crippen LogP contribution >= 0.6 is 0 Å². The minimum atomic E-state index is 0.496. The van der Waals surface area contributed by atoms with E-state index in [0.29, 0.717) is 18.2 Å². The fraction of sp³-hybridized carbons (Fsp3) is 0.167. The van der Waals surface area contributed by atoms with Crippen LogP contribution in [0.1, 0.15) is 66.1 Å². The lowest BCUT2D eigenvalue weighted by Gasteiger charge is -2.20. The minimum absolute atomic E-state index is 0.496. The number of fused-ring (bicyclic) bond motifs is 3. The lowest BCUT2D eigenvalue weighted by molar-refractivity contribution is 0.974. The maximum atomic E-state index is 4.99. The van der Waals surface area contributed by atoms with Crippen molar-refractivity contribution in [3.8, 4) is 11.1 Å². The van der Waals surface area contributed by atoms with Gasteiger partial charge in [0.2, 0.25) is 0 Å². The van der Waals surface area contributed by atoms with Crippen molar-refractivity contribution in [3.05, 3.63) is 154 Å². The van der Waals surface area contributed by atoms with Crippen LogP contribution in [-0.4, -0.2) is 18.4 Å². The number of aliphatic imine (C=N–C) groups is 3. The van der Waals surface area contributed by atoms with Crippen molar-refractivity contribution in [2.45, 2.75) is 47.1 Å². The van der Waals surface area contributed by atoms with E-state index < -0.39 is 0 Å². The highest BCUT2D eigenvalue weighted by Crippen LogP contribution is 2.37. The fourth-order valence-corrected chi connectivity index (χ4v) is 5.91. The number of hydrogen-bond acceptors (Lipinski definition) is 1. The summed E-state index contributed by atoms with van der Waals surface area (Å²) in [5.41, 5.74) is 10.9. The third kappa shape index (κ3) is 6.99. The van der Waals surface area contributed by atoms with E-state index in [1.54, 1.807) is 0 Å². The van der Waals surface area contributed by atoms with Gasteiger partial charge < -0.3 is 0 Å². The molecule has 1 aliphatic rings. The summed E-state index contributed by atoms with van der Waals surface area (Å²) in [6.45, 7) is 12.6. The minimum Gasteiger partial charge on any atom is -0.261 e. The van der Waals surface area contributed by atoms with Gasteiger partial charge in [-0.3, -0.25) is 4.99 Å². The Morgan fingerprint density at radius 3 is 2.16 bits per heavy atom. The molecule has 0 saturated heterocycles. The molecule has 0 N–H and O–H groups in total. The molecule has 0 aliphatic heterocycles. The summed E-state index contributed by atoms with van der Waals surface area (Å²) in [6.07, 6.45) is 11.2. The van der Waals surface area contributed by atoms with Gasteiger partial charge in [-0.25, -0.2) is 9.98 Å². The predicted octanol–water partition coefficient (Wildman–Crippen LogP) is 10.9. The molecule has 3 nitrogen and oxygen atoms in total. The Bertz CT molecular complexity index is 1910. The Morgan fingerprint density at radius 1 is 0.778 bits per heavy atom. The van der Waals surface area contributed by atoms with Crippen molar-refractivity contribution in [1.82, 2.24) is 0 Å². The van der Waals surface area contributed by atoms with Crippen molar-refractivity contribution in [1.29, 1.82) is 0 Å². The summed E-state index contributed by atoms with van der Waals surface area (Å²) in [5.74, 6) is 1.18. The Morgan fingerprint density at radius 2 is 1.47 bits per heavy atom. The van der Waals surface area contributed by atoms with Crippen LogP contribution < -0.4 is 0 Å². The number of rotatable bonds is 6. The zero-order chi connectivity index (χ0) is 31.6. The molecule has 0 bridgehead atoms. The number of nitrogens with zero attached hydrogens (tertiary/aromatic N) is 3. The quantitative estimate of drug-likeness (QED) is 0.140. The molecule has 0 heterocycles. The Hall–Kier alpha value is -5.15. The van der Waals surface area contributed by atoms with Gasteiger partial charge in [0.15, 0.2) is 11.7 Å². The second kappa shape index (κ2) is 15.0. The molecule has 0 unspecified atom stereocenters. The largest absolute Gasteiger partial charge is 0.261 e. The summed E-state index contributed by atoms with van der Waals surface area (Å²) in [6, 6.07) is 35.5. The summed E-state index contributed by atoms with van der Waals surface area (Å²) in [7, 11) is 0. The van der Waals surface area contributed by atoms with Gasteiger partial charge in [-0.15, -0.1) is 0 Å². The van der Waals surface area contributed by atoms with Crippen molar-refractivity contribution in [2.24, 2.45) is 15.0 Å². The molecule has 0 radical (unpaired) electrons. The maximum Gasteiger partial charge on any atom is 0.161 e. The summed E-state index contributed by atoms with van der Waals surface area (Å²) >= 11 is 0. The molecule has 224 valence electrons. The third-order valence-electron chi connectivity index (χ3n) is 8.06. The molecular weight excluding hydrogens is 546 g/mol. The van der Waals surface area contributed by atoms with Gasteiger partial charge in [-0.1, -0.05) is 129 Å². The van der Waals surface area contributed by atoms with Crippen LogP contribution in [0.4, 0.5) is 0 Å². The van der Waals surface area contributed by atoms with E-state index in [2.05, 4.69) is 92.3 Å². The molecule has 0 amide bonds. The van der Waals surface area contributed by atoms with Crippen molar-refractivity contribution in [3.63, 3.8) is 0 Å². The first-order chi connectivity index (χ1) is 22.2. The van der Waals surface area contributed by atoms with E-state index in [9.17, 15) is 0 Å². The van der Waals surface area contributed by atoms with Crippen LogP contribution in [-0.2, 0) is 13.0 Å². The second-order valence-electron chi connectivity index (χ2n) is 10.8. The van der Waals surface area contributed by atoms with E-state index in [1.165, 1.54) is 44.2 Å². The highest BCUT2D eigenvalue weighted by Gasteiger charge is 2.16. The summed E-state index contributed by atoms with van der Waals surface area (Å²) in [5, 5.41) is 2.62. The van der Waals surface area contributed by atoms with Crippen LogP contribution in [0.15, 0.2) is 130 Å². The molecule has 45 heavy (non-hydrogen) atoms. The molecule has 0 saturated carbocycles. The average molecular weight is 588 g/mol. The number of allylic oxidation sites excluding steroid dienone is 2. The SMILES string of the molecule is C=NC(=NC(=NCc1cccc(-c2ccc3c4c(c(C)c(/C=C\C)c3c2)CCC=C4)c1)c1ccccc1)c1ccccc1.CC. The van der Waals surface area contributed by atoms with Gasteiger partial charge in [0, 0.05) is 11.1 Å². The van der Waals surface area contributed by atoms with Gasteiger partial charge >= 0.3 is 0 Å². The van der Waals surface area contributed by atoms with Gasteiger partial charge in [0.05, 0.1) is 6.54 Å². The van der Waals surface area contributed by atoms with Crippen molar-refractivity contribution >= 4 is 41.3 Å². The number of benzene rings is 5. The predicted molar refractivity (Wildman–Crippen MR) is 197 cm³/mol. The van der Waals surface area contributed by atoms with Gasteiger partial charge in [0.1, 0.15) is 0 Å². The smallest absolute Gasteiger partial charge is 0.161 e. The molecule has 0 fully saturated rings. The lowest BCUT2D eigenvalue weighted by atomic mass is 9.84. The zero-order valence-electron chi connectivity index (χ0n) is 26.8. The number of amidine groups is 2. The number of hydrogen-bond donors (Lipinski definition) is 0. The first-order valence-corrected chi connectivity index (χ1v) is 15.8. The third-order valence-corrected chi connectivity index (χ3v) is 8.06. The maximum absolute atomic E-state index is 4.99. The standard InChI is InChI=1S/C40H35N3.C2H6/c1-4-14-34-28(2)35-21-11-12-22-36(35)37-24-23-33(26-38(34)37)32-20-13-15-29(25-32)27-42-40(31-18-9-6-10-19-31)43-39(41-3)30-16-7-5-8-17-30;1-2/h4-10,12-20,22-26H,3,11,21,27H2,1-2H3;1-2H3/b14-4-,42-40?,43-39?;. The van der Waals surface area contributed by atoms with Gasteiger partial charge in [-0.2, -0.15) is 0 Å². The summed E-state index contributed by atoms with van der Waals surface area (Å²) < 4.78 is 0. The molecule has 0 aromatic heterocycles. The van der Waals surface area contributed by atoms with Crippen LogP contribution in [0.25, 0.3) is 34.1 Å². The topological polar surface area (TPSA) is 37.1 Å². The Kier molecular flexibility index (Phi) is 10.4. The first kappa shape index (κ1) is 31.3. The van der Waals surface area contributed by atoms with Crippen molar-refractivity contribution < 1.29 is 0 Å². The molecule has 5 aromatic rings. The Balaban J connectivity index is 0.00000196. The molecule has 6 rings (SSSR count). The van der Waals surface area contributed by atoms with Gasteiger partial charge in [0.25, 0.3) is 0 Å². The molecule has 1 aliphatic carbocycles. The summed E-state index contributed by atoms with van der Waals surface area (Å²) in [4.78, 5) is 14.1. The molecule has 5 aromatic carbocycles. The molecular formula is C42H41N3. The van der Waals surface area contributed by atoms with Crippen LogP contribution in [0.5, 0.6) is 0 Å². The molecule has 3 heteroatoms. The fourth-order valence-electron chi connectivity index (χ4n) is 5.91. The molecule has 0 spiro atoms. The first-order valence-electron chi connectivity index (χ1n) is 15.8. The average Bonchev–Trinajstić information content (AvgIpc) is 3.11. The second-order valence-corrected chi connectivity index (χ2v) is 10.8. The van der Waals surface area contributed by atoms with E-state index in [1.807, 2.05) is 74.5 Å². The van der Waals surface area contributed by atoms with Gasteiger partial charge in [-0.05, 0) is 95.3 Å². The van der Waals surface area contributed by atoms with Crippen molar-refractivity contribution in [2.75, 3.05) is 0 Å². The van der Waals surface area contributed by atoms with E-state index in [0.717, 1.165) is 29.5 Å². The van der Waals surface area contributed by atoms with Crippen LogP contribution in [0.3, 0.4) is 0 Å². The van der Waals surface area contributed by atoms with Crippen LogP contribution in [0.2, 0.25) is 0 Å². The molecule has 0 atom stereocenters. The van der Waals surface area contributed by atoms with E-state index >= 15 is 0 Å². The van der Waals surface area contributed by atoms with Crippen LogP contribution in [0, 0.1) is 6.92 Å². The highest BCUT2D eigenvalue weighted by molar-refractivity contribution is 6.12. The normalized spacial score (nSPS) is 13.0. The Labute approximate surface area is 268 Å². The van der Waals surface area contributed by atoms with E-state index in [4.69, 9.17) is 9.98 Å². The monoisotopic (exact) mass is 587 g/mol. The van der Waals surface area contributed by atoms with E-state index in [-0.39, 0.29) is 0 Å².